The van der Waals surface area contributed by atoms with Crippen molar-refractivity contribution in [3.8, 4) is 0 Å². The van der Waals surface area contributed by atoms with Gasteiger partial charge in [0.1, 0.15) is 0 Å². The summed E-state index contributed by atoms with van der Waals surface area (Å²) in [5, 5.41) is 0. The molecule has 0 amide bonds. The van der Waals surface area contributed by atoms with E-state index >= 15 is 0 Å². The van der Waals surface area contributed by atoms with Crippen molar-refractivity contribution in [3.05, 3.63) is 35.4 Å². The summed E-state index contributed by atoms with van der Waals surface area (Å²) in [6.07, 6.45) is 9.90. The topological polar surface area (TPSA) is 3.24 Å². The fraction of sp³-hybridized carbons (Fsp3) is 0.647. The van der Waals surface area contributed by atoms with Gasteiger partial charge in [-0.2, -0.15) is 0 Å². The Bertz CT molecular complexity index is 356. The summed E-state index contributed by atoms with van der Waals surface area (Å²) < 4.78 is 0. The van der Waals surface area contributed by atoms with E-state index in [0.717, 1.165) is 12.5 Å². The number of likely N-dealkylation sites (tertiary alicyclic amines) is 1. The Morgan fingerprint density at radius 1 is 0.833 bits per heavy atom. The first-order valence-electron chi connectivity index (χ1n) is 7.73. The molecule has 1 aliphatic carbocycles. The number of nitrogens with zero attached hydrogens (tertiary/aromatic N) is 1. The van der Waals surface area contributed by atoms with Gasteiger partial charge in [-0.3, -0.25) is 4.90 Å². The maximum atomic E-state index is 2.58. The summed E-state index contributed by atoms with van der Waals surface area (Å²) in [6, 6.07) is 9.51. The second-order valence-electron chi connectivity index (χ2n) is 6.06. The fourth-order valence-electron chi connectivity index (χ4n) is 3.53. The standard InChI is InChI=1S/C17H25N/c1-2-6-16(7-3-1)17-10-8-15(9-11-17)14-18-12-4-5-13-18/h8-11,16H,1-7,12-14H2. The van der Waals surface area contributed by atoms with Crippen LogP contribution in [0.5, 0.6) is 0 Å². The van der Waals surface area contributed by atoms with Gasteiger partial charge in [0, 0.05) is 6.54 Å². The van der Waals surface area contributed by atoms with Crippen LogP contribution >= 0.6 is 0 Å². The zero-order valence-electron chi connectivity index (χ0n) is 11.4. The molecule has 18 heavy (non-hydrogen) atoms. The normalized spacial score (nSPS) is 22.4. The lowest BCUT2D eigenvalue weighted by Gasteiger charge is -2.22. The lowest BCUT2D eigenvalue weighted by molar-refractivity contribution is 0.331. The lowest BCUT2D eigenvalue weighted by Crippen LogP contribution is -2.18. The Hall–Kier alpha value is -0.820. The largest absolute Gasteiger partial charge is 0.299 e. The number of hydrogen-bond acceptors (Lipinski definition) is 1. The minimum Gasteiger partial charge on any atom is -0.299 e. The summed E-state index contributed by atoms with van der Waals surface area (Å²) >= 11 is 0. The van der Waals surface area contributed by atoms with Gasteiger partial charge in [-0.1, -0.05) is 43.5 Å². The van der Waals surface area contributed by atoms with Gasteiger partial charge in [0.25, 0.3) is 0 Å². The van der Waals surface area contributed by atoms with Gasteiger partial charge in [0.2, 0.25) is 0 Å². The summed E-state index contributed by atoms with van der Waals surface area (Å²) in [5.74, 6) is 0.847. The van der Waals surface area contributed by atoms with E-state index in [2.05, 4.69) is 29.2 Å². The van der Waals surface area contributed by atoms with E-state index in [0.29, 0.717) is 0 Å². The molecule has 1 aliphatic heterocycles. The van der Waals surface area contributed by atoms with Crippen molar-refractivity contribution in [1.29, 1.82) is 0 Å². The molecule has 0 N–H and O–H groups in total. The van der Waals surface area contributed by atoms with Gasteiger partial charge >= 0.3 is 0 Å². The van der Waals surface area contributed by atoms with Crippen molar-refractivity contribution in [2.24, 2.45) is 0 Å². The number of hydrogen-bond donors (Lipinski definition) is 0. The number of rotatable bonds is 3. The Labute approximate surface area is 111 Å². The summed E-state index contributed by atoms with van der Waals surface area (Å²) in [7, 11) is 0. The van der Waals surface area contributed by atoms with E-state index in [9.17, 15) is 0 Å². The Balaban J connectivity index is 1.60. The molecule has 0 radical (unpaired) electrons. The third kappa shape index (κ3) is 2.95. The van der Waals surface area contributed by atoms with E-state index in [1.165, 1.54) is 63.6 Å². The Morgan fingerprint density at radius 3 is 2.17 bits per heavy atom. The highest BCUT2D eigenvalue weighted by Crippen LogP contribution is 2.32. The van der Waals surface area contributed by atoms with Crippen molar-refractivity contribution in [3.63, 3.8) is 0 Å². The van der Waals surface area contributed by atoms with Gasteiger partial charge in [-0.05, 0) is 55.8 Å². The zero-order valence-corrected chi connectivity index (χ0v) is 11.4. The molecular weight excluding hydrogens is 218 g/mol. The molecule has 2 aliphatic rings. The van der Waals surface area contributed by atoms with Crippen LogP contribution in [-0.4, -0.2) is 18.0 Å². The van der Waals surface area contributed by atoms with E-state index in [4.69, 9.17) is 0 Å². The predicted molar refractivity (Wildman–Crippen MR) is 76.8 cm³/mol. The third-order valence-corrected chi connectivity index (χ3v) is 4.66. The van der Waals surface area contributed by atoms with Crippen molar-refractivity contribution >= 4 is 0 Å². The van der Waals surface area contributed by atoms with Crippen LogP contribution in [-0.2, 0) is 6.54 Å². The lowest BCUT2D eigenvalue weighted by atomic mass is 9.84. The molecular formula is C17H25N. The molecule has 0 aromatic heterocycles. The quantitative estimate of drug-likeness (QED) is 0.763. The van der Waals surface area contributed by atoms with E-state index in [1.54, 1.807) is 5.56 Å². The van der Waals surface area contributed by atoms with E-state index in [1.807, 2.05) is 0 Å². The summed E-state index contributed by atoms with van der Waals surface area (Å²) in [4.78, 5) is 2.58. The molecule has 1 aromatic carbocycles. The van der Waals surface area contributed by atoms with Crippen LogP contribution < -0.4 is 0 Å². The zero-order chi connectivity index (χ0) is 12.2. The first-order chi connectivity index (χ1) is 8.92. The van der Waals surface area contributed by atoms with E-state index in [-0.39, 0.29) is 0 Å². The first-order valence-corrected chi connectivity index (χ1v) is 7.73. The van der Waals surface area contributed by atoms with Crippen LogP contribution in [0.4, 0.5) is 0 Å². The number of benzene rings is 1. The minimum atomic E-state index is 0.847. The van der Waals surface area contributed by atoms with Crippen molar-refractivity contribution in [2.75, 3.05) is 13.1 Å². The van der Waals surface area contributed by atoms with E-state index < -0.39 is 0 Å². The molecule has 1 heterocycles. The first kappa shape index (κ1) is 12.2. The Morgan fingerprint density at radius 2 is 1.50 bits per heavy atom. The second-order valence-corrected chi connectivity index (χ2v) is 6.06. The smallest absolute Gasteiger partial charge is 0.0233 e. The molecule has 2 fully saturated rings. The molecule has 1 aromatic rings. The molecule has 1 saturated heterocycles. The van der Waals surface area contributed by atoms with Gasteiger partial charge < -0.3 is 0 Å². The Kier molecular flexibility index (Phi) is 3.99. The van der Waals surface area contributed by atoms with Gasteiger partial charge in [0.05, 0.1) is 0 Å². The molecule has 0 spiro atoms. The molecule has 1 saturated carbocycles. The molecule has 0 bridgehead atoms. The highest BCUT2D eigenvalue weighted by Gasteiger charge is 2.16. The maximum Gasteiger partial charge on any atom is 0.0233 e. The minimum absolute atomic E-state index is 0.847. The van der Waals surface area contributed by atoms with Crippen molar-refractivity contribution in [1.82, 2.24) is 4.90 Å². The molecule has 0 unspecified atom stereocenters. The van der Waals surface area contributed by atoms with Crippen LogP contribution in [0.25, 0.3) is 0 Å². The third-order valence-electron chi connectivity index (χ3n) is 4.66. The highest BCUT2D eigenvalue weighted by molar-refractivity contribution is 5.25. The van der Waals surface area contributed by atoms with Crippen LogP contribution in [0.3, 0.4) is 0 Å². The van der Waals surface area contributed by atoms with Gasteiger partial charge in [-0.25, -0.2) is 0 Å². The highest BCUT2D eigenvalue weighted by atomic mass is 15.1. The van der Waals surface area contributed by atoms with Crippen LogP contribution in [0.2, 0.25) is 0 Å². The average Bonchev–Trinajstić information content (AvgIpc) is 2.94. The predicted octanol–water partition coefficient (Wildman–Crippen LogP) is 4.33. The van der Waals surface area contributed by atoms with Gasteiger partial charge in [0.15, 0.2) is 0 Å². The maximum absolute atomic E-state index is 2.58. The monoisotopic (exact) mass is 243 g/mol. The summed E-state index contributed by atoms with van der Waals surface area (Å²) in [6.45, 7) is 3.75. The van der Waals surface area contributed by atoms with Crippen LogP contribution in [0.15, 0.2) is 24.3 Å². The fourth-order valence-corrected chi connectivity index (χ4v) is 3.53. The summed E-state index contributed by atoms with van der Waals surface area (Å²) in [5.41, 5.74) is 3.08. The second kappa shape index (κ2) is 5.88. The van der Waals surface area contributed by atoms with Crippen molar-refractivity contribution < 1.29 is 0 Å². The average molecular weight is 243 g/mol. The molecule has 98 valence electrons. The SMILES string of the molecule is c1cc(C2CCCCC2)ccc1CN1CCCC1. The molecule has 3 rings (SSSR count). The van der Waals surface area contributed by atoms with Crippen LogP contribution in [0.1, 0.15) is 62.0 Å². The van der Waals surface area contributed by atoms with Gasteiger partial charge in [-0.15, -0.1) is 0 Å². The molecule has 1 heteroatoms. The molecule has 0 atom stereocenters. The van der Waals surface area contributed by atoms with Crippen molar-refractivity contribution in [2.45, 2.75) is 57.4 Å². The molecule has 1 nitrogen and oxygen atoms in total. The van der Waals surface area contributed by atoms with Crippen LogP contribution in [0, 0.1) is 0 Å².